The van der Waals surface area contributed by atoms with Crippen LogP contribution in [-0.4, -0.2) is 22.6 Å². The lowest BCUT2D eigenvalue weighted by molar-refractivity contribution is 0.762. The van der Waals surface area contributed by atoms with Crippen molar-refractivity contribution < 1.29 is 0 Å². The maximum Gasteiger partial charge on any atom is 0.0663 e. The van der Waals surface area contributed by atoms with Crippen LogP contribution in [0.1, 0.15) is 20.8 Å². The summed E-state index contributed by atoms with van der Waals surface area (Å²) in [5.41, 5.74) is 2.18. The van der Waals surface area contributed by atoms with Gasteiger partial charge in [0.25, 0.3) is 0 Å². The molecule has 1 aromatic rings. The largest absolute Gasteiger partial charge is 0.317 e. The van der Waals surface area contributed by atoms with Gasteiger partial charge in [-0.05, 0) is 25.6 Å². The highest BCUT2D eigenvalue weighted by atomic mass is 28.2. The van der Waals surface area contributed by atoms with Crippen LogP contribution in [0.4, 0.5) is 0 Å². The fourth-order valence-corrected chi connectivity index (χ4v) is 3.84. The van der Waals surface area contributed by atoms with Crippen molar-refractivity contribution in [1.82, 2.24) is 5.32 Å². The van der Waals surface area contributed by atoms with Crippen molar-refractivity contribution in [2.24, 2.45) is 0 Å². The number of rotatable bonds is 4. The minimum absolute atomic E-state index is 0.130. The molecule has 1 aliphatic rings. The second kappa shape index (κ2) is 8.89. The molecular formula is C16H25NSi. The van der Waals surface area contributed by atoms with Crippen LogP contribution < -0.4 is 10.5 Å². The molecule has 1 nitrogen and oxygen atoms in total. The highest BCUT2D eigenvalue weighted by Gasteiger charge is 2.07. The SMILES string of the molecule is CC1=CC([SiH2]c2ccccc2)C=C1.CCNCC. The molecule has 0 aliphatic heterocycles. The summed E-state index contributed by atoms with van der Waals surface area (Å²) in [6.45, 7) is 8.57. The van der Waals surface area contributed by atoms with E-state index in [4.69, 9.17) is 0 Å². The smallest absolute Gasteiger partial charge is 0.0663 e. The first-order valence-electron chi connectivity index (χ1n) is 6.87. The summed E-state index contributed by atoms with van der Waals surface area (Å²) in [5, 5.41) is 4.67. The summed E-state index contributed by atoms with van der Waals surface area (Å²) in [5.74, 6) is 0. The normalized spacial score (nSPS) is 17.7. The summed E-state index contributed by atoms with van der Waals surface area (Å²) >= 11 is 0. The summed E-state index contributed by atoms with van der Waals surface area (Å²) in [6.07, 6.45) is 6.97. The zero-order valence-electron chi connectivity index (χ0n) is 11.8. The van der Waals surface area contributed by atoms with E-state index in [0.29, 0.717) is 0 Å². The first kappa shape index (κ1) is 14.9. The Hall–Kier alpha value is -1.12. The quantitative estimate of drug-likeness (QED) is 0.819. The van der Waals surface area contributed by atoms with E-state index < -0.39 is 0 Å². The second-order valence-electron chi connectivity index (χ2n) is 4.58. The Labute approximate surface area is 114 Å². The Morgan fingerprint density at radius 1 is 1.11 bits per heavy atom. The molecule has 1 N–H and O–H groups in total. The average molecular weight is 259 g/mol. The van der Waals surface area contributed by atoms with Gasteiger partial charge >= 0.3 is 0 Å². The maximum atomic E-state index is 3.11. The Morgan fingerprint density at radius 3 is 2.22 bits per heavy atom. The molecule has 1 atom stereocenters. The van der Waals surface area contributed by atoms with Gasteiger partial charge in [0.05, 0.1) is 9.52 Å². The zero-order chi connectivity index (χ0) is 13.2. The van der Waals surface area contributed by atoms with Crippen LogP contribution in [0.2, 0.25) is 5.54 Å². The fourth-order valence-electron chi connectivity index (χ4n) is 1.99. The van der Waals surface area contributed by atoms with Gasteiger partial charge in [0.1, 0.15) is 0 Å². The fraction of sp³-hybridized carbons (Fsp3) is 0.375. The molecule has 0 fully saturated rings. The van der Waals surface area contributed by atoms with Crippen molar-refractivity contribution >= 4 is 14.7 Å². The predicted molar refractivity (Wildman–Crippen MR) is 85.5 cm³/mol. The Balaban J connectivity index is 0.000000280. The molecule has 0 heterocycles. The van der Waals surface area contributed by atoms with Gasteiger partial charge in [-0.1, -0.05) is 73.2 Å². The third-order valence-electron chi connectivity index (χ3n) is 2.90. The van der Waals surface area contributed by atoms with Gasteiger partial charge < -0.3 is 5.32 Å². The first-order chi connectivity index (χ1) is 8.76. The summed E-state index contributed by atoms with van der Waals surface area (Å²) in [4.78, 5) is 0. The van der Waals surface area contributed by atoms with Gasteiger partial charge in [0.15, 0.2) is 0 Å². The van der Waals surface area contributed by atoms with E-state index in [1.807, 2.05) is 0 Å². The van der Waals surface area contributed by atoms with Crippen molar-refractivity contribution in [2.45, 2.75) is 26.3 Å². The molecule has 18 heavy (non-hydrogen) atoms. The van der Waals surface area contributed by atoms with Crippen LogP contribution >= 0.6 is 0 Å². The monoisotopic (exact) mass is 259 g/mol. The molecule has 1 aromatic carbocycles. The van der Waals surface area contributed by atoms with E-state index in [2.05, 4.69) is 74.6 Å². The molecule has 2 heteroatoms. The molecule has 0 spiro atoms. The number of nitrogens with one attached hydrogen (secondary N) is 1. The highest BCUT2D eigenvalue weighted by molar-refractivity contribution is 6.56. The number of hydrogen-bond acceptors (Lipinski definition) is 1. The molecule has 0 bridgehead atoms. The Bertz CT molecular complexity index is 379. The number of benzene rings is 1. The molecule has 0 radical (unpaired) electrons. The molecule has 1 aliphatic carbocycles. The molecular weight excluding hydrogens is 234 g/mol. The van der Waals surface area contributed by atoms with Crippen molar-refractivity contribution in [3.63, 3.8) is 0 Å². The minimum atomic E-state index is -0.130. The molecule has 98 valence electrons. The Kier molecular flexibility index (Phi) is 7.38. The standard InChI is InChI=1S/C12H14Si.C4H11N/c1-10-7-8-12(9-10)13-11-5-3-2-4-6-11;1-3-5-4-2/h2-9,12H,13H2,1H3;5H,3-4H2,1-2H3. The minimum Gasteiger partial charge on any atom is -0.317 e. The van der Waals surface area contributed by atoms with Crippen molar-refractivity contribution in [3.05, 3.63) is 54.1 Å². The van der Waals surface area contributed by atoms with Crippen LogP contribution in [0.25, 0.3) is 0 Å². The van der Waals surface area contributed by atoms with Crippen LogP contribution in [0, 0.1) is 0 Å². The van der Waals surface area contributed by atoms with Gasteiger partial charge in [-0.15, -0.1) is 0 Å². The summed E-state index contributed by atoms with van der Waals surface area (Å²) in [6, 6.07) is 10.9. The molecule has 2 rings (SSSR count). The number of hydrogen-bond donors (Lipinski definition) is 1. The topological polar surface area (TPSA) is 12.0 Å². The van der Waals surface area contributed by atoms with Gasteiger partial charge in [-0.2, -0.15) is 0 Å². The highest BCUT2D eigenvalue weighted by Crippen LogP contribution is 2.18. The van der Waals surface area contributed by atoms with Crippen molar-refractivity contribution in [1.29, 1.82) is 0 Å². The lowest BCUT2D eigenvalue weighted by Crippen LogP contribution is -2.16. The average Bonchev–Trinajstić information content (AvgIpc) is 2.78. The maximum absolute atomic E-state index is 3.11. The zero-order valence-corrected chi connectivity index (χ0v) is 13.2. The van der Waals surface area contributed by atoms with Crippen LogP contribution in [0.5, 0.6) is 0 Å². The van der Waals surface area contributed by atoms with E-state index in [0.717, 1.165) is 18.6 Å². The third kappa shape index (κ3) is 5.99. The summed E-state index contributed by atoms with van der Waals surface area (Å²) < 4.78 is 0. The van der Waals surface area contributed by atoms with E-state index in [9.17, 15) is 0 Å². The van der Waals surface area contributed by atoms with Crippen molar-refractivity contribution in [2.75, 3.05) is 13.1 Å². The summed E-state index contributed by atoms with van der Waals surface area (Å²) in [7, 11) is -0.130. The lowest BCUT2D eigenvalue weighted by Gasteiger charge is -2.03. The van der Waals surface area contributed by atoms with E-state index in [-0.39, 0.29) is 9.52 Å². The number of allylic oxidation sites excluding steroid dienone is 4. The van der Waals surface area contributed by atoms with Crippen LogP contribution in [0.15, 0.2) is 54.1 Å². The van der Waals surface area contributed by atoms with Crippen LogP contribution in [-0.2, 0) is 0 Å². The van der Waals surface area contributed by atoms with E-state index in [1.165, 1.54) is 5.57 Å². The van der Waals surface area contributed by atoms with Gasteiger partial charge in [-0.3, -0.25) is 0 Å². The molecule has 1 unspecified atom stereocenters. The van der Waals surface area contributed by atoms with Crippen LogP contribution in [0.3, 0.4) is 0 Å². The van der Waals surface area contributed by atoms with Gasteiger partial charge in [0.2, 0.25) is 0 Å². The second-order valence-corrected chi connectivity index (χ2v) is 6.75. The van der Waals surface area contributed by atoms with Gasteiger partial charge in [-0.25, -0.2) is 0 Å². The lowest BCUT2D eigenvalue weighted by atomic mass is 10.3. The molecule has 0 saturated heterocycles. The Morgan fingerprint density at radius 2 is 1.78 bits per heavy atom. The third-order valence-corrected chi connectivity index (χ3v) is 4.82. The molecule has 0 amide bonds. The van der Waals surface area contributed by atoms with Gasteiger partial charge in [0, 0.05) is 0 Å². The molecule has 0 aromatic heterocycles. The van der Waals surface area contributed by atoms with E-state index in [1.54, 1.807) is 5.19 Å². The first-order valence-corrected chi connectivity index (χ1v) is 8.39. The van der Waals surface area contributed by atoms with E-state index >= 15 is 0 Å². The molecule has 0 saturated carbocycles. The predicted octanol–water partition coefficient (Wildman–Crippen LogP) is 2.40. The van der Waals surface area contributed by atoms with Crippen molar-refractivity contribution in [3.8, 4) is 0 Å².